The van der Waals surface area contributed by atoms with Crippen molar-refractivity contribution in [2.75, 3.05) is 13.1 Å². The van der Waals surface area contributed by atoms with Crippen LogP contribution in [0.2, 0.25) is 0 Å². The zero-order valence-corrected chi connectivity index (χ0v) is 13.7. The molecule has 1 N–H and O–H groups in total. The summed E-state index contributed by atoms with van der Waals surface area (Å²) < 4.78 is 2.05. The van der Waals surface area contributed by atoms with Gasteiger partial charge in [0.15, 0.2) is 0 Å². The second-order valence-corrected chi connectivity index (χ2v) is 6.63. The second kappa shape index (κ2) is 6.72. The maximum absolute atomic E-state index is 4.57. The third kappa shape index (κ3) is 3.83. The van der Waals surface area contributed by atoms with Crippen molar-refractivity contribution in [3.8, 4) is 0 Å². The van der Waals surface area contributed by atoms with Gasteiger partial charge in [-0.2, -0.15) is 5.10 Å². The third-order valence-corrected chi connectivity index (χ3v) is 4.22. The monoisotopic (exact) mass is 278 g/mol. The molecule has 0 aliphatic carbocycles. The summed E-state index contributed by atoms with van der Waals surface area (Å²) in [6.45, 7) is 12.3. The van der Waals surface area contributed by atoms with Crippen molar-refractivity contribution < 1.29 is 0 Å². The van der Waals surface area contributed by atoms with Crippen molar-refractivity contribution in [3.05, 3.63) is 17.5 Å². The molecule has 1 aromatic rings. The van der Waals surface area contributed by atoms with Crippen LogP contribution in [-0.4, -0.2) is 39.9 Å². The number of rotatable bonds is 5. The van der Waals surface area contributed by atoms with E-state index >= 15 is 0 Å². The highest BCUT2D eigenvalue weighted by Crippen LogP contribution is 2.18. The van der Waals surface area contributed by atoms with Crippen LogP contribution in [0.15, 0.2) is 6.07 Å². The number of aromatic nitrogens is 2. The van der Waals surface area contributed by atoms with Gasteiger partial charge in [0.25, 0.3) is 0 Å². The summed E-state index contributed by atoms with van der Waals surface area (Å²) in [5, 5.41) is 8.19. The highest BCUT2D eigenvalue weighted by atomic mass is 15.3. The Labute approximate surface area is 123 Å². The van der Waals surface area contributed by atoms with Crippen LogP contribution in [0.1, 0.15) is 45.5 Å². The van der Waals surface area contributed by atoms with E-state index in [4.69, 9.17) is 0 Å². The lowest BCUT2D eigenvalue weighted by molar-refractivity contribution is 0.108. The molecular formula is C16H30N4. The molecule has 114 valence electrons. The van der Waals surface area contributed by atoms with E-state index < -0.39 is 0 Å². The minimum absolute atomic E-state index is 0.581. The largest absolute Gasteiger partial charge is 0.311 e. The van der Waals surface area contributed by atoms with Crippen LogP contribution >= 0.6 is 0 Å². The van der Waals surface area contributed by atoms with Crippen LogP contribution in [0.25, 0.3) is 0 Å². The van der Waals surface area contributed by atoms with Gasteiger partial charge in [-0.1, -0.05) is 20.8 Å². The molecule has 2 heterocycles. The van der Waals surface area contributed by atoms with Crippen LogP contribution in [0, 0.1) is 5.92 Å². The van der Waals surface area contributed by atoms with Gasteiger partial charge in [0, 0.05) is 38.8 Å². The molecule has 1 aliphatic heterocycles. The summed E-state index contributed by atoms with van der Waals surface area (Å²) in [5.41, 5.74) is 2.54. The SMILES string of the molecule is CCc1cc(CN2CC(C)NCC2CC(C)C)n(C)n1. The molecule has 0 saturated carbocycles. The van der Waals surface area contributed by atoms with Crippen molar-refractivity contribution in [1.82, 2.24) is 20.0 Å². The molecule has 2 rings (SSSR count). The molecule has 4 heteroatoms. The lowest BCUT2D eigenvalue weighted by Crippen LogP contribution is -2.55. The summed E-state index contributed by atoms with van der Waals surface area (Å²) in [5.74, 6) is 0.746. The molecule has 0 bridgehead atoms. The molecule has 20 heavy (non-hydrogen) atoms. The van der Waals surface area contributed by atoms with Crippen LogP contribution in [-0.2, 0) is 20.0 Å². The maximum atomic E-state index is 4.57. The standard InChI is InChI=1S/C16H30N4/c1-6-14-8-16(19(5)18-14)11-20-10-13(4)17-9-15(20)7-12(2)3/h8,12-13,15,17H,6-7,9-11H2,1-5H3. The minimum atomic E-state index is 0.581. The number of nitrogens with one attached hydrogen (secondary N) is 1. The van der Waals surface area contributed by atoms with E-state index in [0.717, 1.165) is 32.0 Å². The average Bonchev–Trinajstić information content (AvgIpc) is 2.73. The molecular weight excluding hydrogens is 248 g/mol. The zero-order chi connectivity index (χ0) is 14.7. The van der Waals surface area contributed by atoms with Crippen LogP contribution in [0.3, 0.4) is 0 Å². The molecule has 0 spiro atoms. The number of hydrogen-bond donors (Lipinski definition) is 1. The van der Waals surface area contributed by atoms with Crippen molar-refractivity contribution in [1.29, 1.82) is 0 Å². The van der Waals surface area contributed by atoms with Gasteiger partial charge >= 0.3 is 0 Å². The summed E-state index contributed by atoms with van der Waals surface area (Å²) in [6.07, 6.45) is 2.28. The number of aryl methyl sites for hydroxylation is 2. The van der Waals surface area contributed by atoms with Gasteiger partial charge in [0.2, 0.25) is 0 Å². The van der Waals surface area contributed by atoms with Gasteiger partial charge in [0.05, 0.1) is 11.4 Å². The van der Waals surface area contributed by atoms with Crippen molar-refractivity contribution >= 4 is 0 Å². The molecule has 0 aromatic carbocycles. The Kier molecular flexibility index (Phi) is 5.22. The highest BCUT2D eigenvalue weighted by molar-refractivity contribution is 5.10. The second-order valence-electron chi connectivity index (χ2n) is 6.63. The van der Waals surface area contributed by atoms with E-state index in [1.165, 1.54) is 17.8 Å². The molecule has 1 saturated heterocycles. The van der Waals surface area contributed by atoms with E-state index in [-0.39, 0.29) is 0 Å². The van der Waals surface area contributed by atoms with Crippen molar-refractivity contribution in [2.45, 2.75) is 59.2 Å². The van der Waals surface area contributed by atoms with Crippen LogP contribution < -0.4 is 5.32 Å². The van der Waals surface area contributed by atoms with Gasteiger partial charge in [-0.3, -0.25) is 9.58 Å². The van der Waals surface area contributed by atoms with E-state index in [2.05, 4.69) is 60.8 Å². The Balaban J connectivity index is 2.07. The summed E-state index contributed by atoms with van der Waals surface area (Å²) >= 11 is 0. The van der Waals surface area contributed by atoms with Crippen molar-refractivity contribution in [2.24, 2.45) is 13.0 Å². The Morgan fingerprint density at radius 1 is 1.45 bits per heavy atom. The van der Waals surface area contributed by atoms with Gasteiger partial charge in [-0.05, 0) is 31.7 Å². The van der Waals surface area contributed by atoms with Crippen LogP contribution in [0.4, 0.5) is 0 Å². The quantitative estimate of drug-likeness (QED) is 0.896. The van der Waals surface area contributed by atoms with Gasteiger partial charge in [0.1, 0.15) is 0 Å². The summed E-state index contributed by atoms with van der Waals surface area (Å²) in [4.78, 5) is 2.64. The lowest BCUT2D eigenvalue weighted by atomic mass is 9.99. The van der Waals surface area contributed by atoms with Crippen LogP contribution in [0.5, 0.6) is 0 Å². The molecule has 0 radical (unpaired) electrons. The van der Waals surface area contributed by atoms with E-state index in [9.17, 15) is 0 Å². The predicted molar refractivity (Wildman–Crippen MR) is 83.7 cm³/mol. The summed E-state index contributed by atoms with van der Waals surface area (Å²) in [6, 6.07) is 3.49. The lowest BCUT2D eigenvalue weighted by Gasteiger charge is -2.40. The zero-order valence-electron chi connectivity index (χ0n) is 13.7. The molecule has 4 nitrogen and oxygen atoms in total. The van der Waals surface area contributed by atoms with Gasteiger partial charge in [-0.15, -0.1) is 0 Å². The average molecular weight is 278 g/mol. The van der Waals surface area contributed by atoms with Gasteiger partial charge < -0.3 is 5.32 Å². The fourth-order valence-corrected chi connectivity index (χ4v) is 3.10. The van der Waals surface area contributed by atoms with E-state index in [0.29, 0.717) is 12.1 Å². The fourth-order valence-electron chi connectivity index (χ4n) is 3.10. The molecule has 1 aliphatic rings. The number of piperazine rings is 1. The summed E-state index contributed by atoms with van der Waals surface area (Å²) in [7, 11) is 2.07. The predicted octanol–water partition coefficient (Wildman–Crippen LogP) is 2.19. The molecule has 2 atom stereocenters. The van der Waals surface area contributed by atoms with E-state index in [1.54, 1.807) is 0 Å². The molecule has 1 fully saturated rings. The van der Waals surface area contributed by atoms with Crippen molar-refractivity contribution in [3.63, 3.8) is 0 Å². The molecule has 1 aromatic heterocycles. The first-order chi connectivity index (χ1) is 9.49. The fraction of sp³-hybridized carbons (Fsp3) is 0.812. The first-order valence-corrected chi connectivity index (χ1v) is 7.98. The minimum Gasteiger partial charge on any atom is -0.311 e. The Morgan fingerprint density at radius 2 is 2.20 bits per heavy atom. The third-order valence-electron chi connectivity index (χ3n) is 4.22. The first-order valence-electron chi connectivity index (χ1n) is 7.98. The highest BCUT2D eigenvalue weighted by Gasteiger charge is 2.27. The Morgan fingerprint density at radius 3 is 2.80 bits per heavy atom. The Bertz CT molecular complexity index is 424. The molecule has 2 unspecified atom stereocenters. The number of hydrogen-bond acceptors (Lipinski definition) is 3. The van der Waals surface area contributed by atoms with Gasteiger partial charge in [-0.25, -0.2) is 0 Å². The number of nitrogens with zero attached hydrogens (tertiary/aromatic N) is 3. The van der Waals surface area contributed by atoms with E-state index in [1.807, 2.05) is 0 Å². The molecule has 0 amide bonds. The smallest absolute Gasteiger partial charge is 0.0625 e. The normalized spacial score (nSPS) is 24.5. The Hall–Kier alpha value is -0.870. The topological polar surface area (TPSA) is 33.1 Å². The maximum Gasteiger partial charge on any atom is 0.0625 e. The first kappa shape index (κ1) is 15.5.